The van der Waals surface area contributed by atoms with Crippen molar-refractivity contribution < 1.29 is 4.79 Å². The first-order valence-corrected chi connectivity index (χ1v) is 7.63. The number of amides is 1. The molecule has 1 aliphatic heterocycles. The summed E-state index contributed by atoms with van der Waals surface area (Å²) >= 11 is 4.93. The van der Waals surface area contributed by atoms with Crippen LogP contribution in [-0.2, 0) is 0 Å². The van der Waals surface area contributed by atoms with Gasteiger partial charge in [-0.3, -0.25) is 4.79 Å². The number of carbonyl (C=O) groups excluding carboxylic acids is 1. The van der Waals surface area contributed by atoms with Gasteiger partial charge in [-0.25, -0.2) is 0 Å². The number of thiophene rings is 1. The molecule has 1 saturated heterocycles. The van der Waals surface area contributed by atoms with E-state index in [0.29, 0.717) is 5.41 Å². The molecule has 1 aliphatic rings. The molecule has 0 radical (unpaired) electrons. The Hall–Kier alpha value is -0.350. The Morgan fingerprint density at radius 1 is 1.35 bits per heavy atom. The summed E-state index contributed by atoms with van der Waals surface area (Å²) in [7, 11) is 0. The smallest absolute Gasteiger partial charge is 0.263 e. The van der Waals surface area contributed by atoms with Gasteiger partial charge in [0.1, 0.15) is 0 Å². The van der Waals surface area contributed by atoms with Crippen LogP contribution < -0.4 is 0 Å². The van der Waals surface area contributed by atoms with Gasteiger partial charge in [0.25, 0.3) is 5.91 Å². The fraction of sp³-hybridized carbons (Fsp3) is 0.615. The molecule has 1 aromatic rings. The number of carbonyl (C=O) groups is 1. The summed E-state index contributed by atoms with van der Waals surface area (Å²) in [5.74, 6) is 0.193. The molecule has 2 nitrogen and oxygen atoms in total. The van der Waals surface area contributed by atoms with Gasteiger partial charge in [0.15, 0.2) is 0 Å². The summed E-state index contributed by atoms with van der Waals surface area (Å²) in [6, 6.07) is 3.85. The first-order valence-electron chi connectivity index (χ1n) is 6.03. The summed E-state index contributed by atoms with van der Waals surface area (Å²) < 4.78 is 1.02. The second-order valence-corrected chi connectivity index (χ2v) is 7.88. The third kappa shape index (κ3) is 3.32. The monoisotopic (exact) mass is 315 g/mol. The minimum absolute atomic E-state index is 0.193. The Balaban J connectivity index is 2.05. The molecular formula is C13H18BrNOS. The van der Waals surface area contributed by atoms with Gasteiger partial charge in [-0.2, -0.15) is 0 Å². The fourth-order valence-corrected chi connectivity index (χ4v) is 3.57. The van der Waals surface area contributed by atoms with Crippen molar-refractivity contribution in [2.45, 2.75) is 33.1 Å². The van der Waals surface area contributed by atoms with Crippen LogP contribution in [0.4, 0.5) is 0 Å². The van der Waals surface area contributed by atoms with Crippen molar-refractivity contribution in [2.75, 3.05) is 13.1 Å². The van der Waals surface area contributed by atoms with Crippen LogP contribution in [0, 0.1) is 5.41 Å². The standard InChI is InChI=1S/C13H18BrNOS/c1-13(2)6-3-8-15(9-7-13)12(16)10-4-5-11(14)17-10/h4-5H,3,6-9H2,1-2H3. The third-order valence-electron chi connectivity index (χ3n) is 3.41. The number of nitrogens with zero attached hydrogens (tertiary/aromatic N) is 1. The summed E-state index contributed by atoms with van der Waals surface area (Å²) in [6.45, 7) is 6.38. The SMILES string of the molecule is CC1(C)CCCN(C(=O)c2ccc(Br)s2)CC1. The second-order valence-electron chi connectivity index (χ2n) is 5.41. The number of rotatable bonds is 1. The quantitative estimate of drug-likeness (QED) is 0.762. The lowest BCUT2D eigenvalue weighted by atomic mass is 9.85. The van der Waals surface area contributed by atoms with Crippen molar-refractivity contribution in [3.05, 3.63) is 20.8 Å². The van der Waals surface area contributed by atoms with Gasteiger partial charge in [-0.15, -0.1) is 11.3 Å². The molecule has 2 heterocycles. The first kappa shape index (κ1) is 13.1. The Morgan fingerprint density at radius 3 is 2.76 bits per heavy atom. The molecule has 1 aromatic heterocycles. The van der Waals surface area contributed by atoms with E-state index in [1.165, 1.54) is 17.8 Å². The topological polar surface area (TPSA) is 20.3 Å². The van der Waals surface area contributed by atoms with Gasteiger partial charge >= 0.3 is 0 Å². The molecule has 1 amide bonds. The molecule has 17 heavy (non-hydrogen) atoms. The summed E-state index contributed by atoms with van der Waals surface area (Å²) in [5.41, 5.74) is 0.380. The summed E-state index contributed by atoms with van der Waals surface area (Å²) in [4.78, 5) is 15.1. The maximum atomic E-state index is 12.3. The molecule has 0 N–H and O–H groups in total. The lowest BCUT2D eigenvalue weighted by Gasteiger charge is -2.23. The zero-order valence-electron chi connectivity index (χ0n) is 10.3. The molecule has 0 saturated carbocycles. The van der Waals surface area contributed by atoms with E-state index >= 15 is 0 Å². The lowest BCUT2D eigenvalue weighted by Crippen LogP contribution is -2.31. The number of likely N-dealkylation sites (tertiary alicyclic amines) is 1. The maximum Gasteiger partial charge on any atom is 0.263 e. The highest BCUT2D eigenvalue weighted by Crippen LogP contribution is 2.31. The fourth-order valence-electron chi connectivity index (χ4n) is 2.21. The van der Waals surface area contributed by atoms with Crippen LogP contribution in [0.3, 0.4) is 0 Å². The lowest BCUT2D eigenvalue weighted by molar-refractivity contribution is 0.0762. The minimum Gasteiger partial charge on any atom is -0.338 e. The first-order chi connectivity index (χ1) is 7.98. The Labute approximate surface area is 115 Å². The number of halogens is 1. The largest absolute Gasteiger partial charge is 0.338 e. The van der Waals surface area contributed by atoms with Crippen molar-refractivity contribution in [2.24, 2.45) is 5.41 Å². The van der Waals surface area contributed by atoms with Crippen molar-refractivity contribution >= 4 is 33.2 Å². The molecule has 2 rings (SSSR count). The Morgan fingerprint density at radius 2 is 2.12 bits per heavy atom. The highest BCUT2D eigenvalue weighted by atomic mass is 79.9. The van der Waals surface area contributed by atoms with Gasteiger partial charge in [-0.1, -0.05) is 13.8 Å². The van der Waals surface area contributed by atoms with Gasteiger partial charge in [-0.05, 0) is 52.7 Å². The average Bonchev–Trinajstić information content (AvgIpc) is 2.60. The van der Waals surface area contributed by atoms with Gasteiger partial charge in [0.2, 0.25) is 0 Å². The van der Waals surface area contributed by atoms with E-state index in [1.54, 1.807) is 0 Å². The highest BCUT2D eigenvalue weighted by molar-refractivity contribution is 9.11. The predicted molar refractivity (Wildman–Crippen MR) is 75.6 cm³/mol. The van der Waals surface area contributed by atoms with Crippen LogP contribution in [0.5, 0.6) is 0 Å². The molecule has 4 heteroatoms. The van der Waals surface area contributed by atoms with E-state index in [0.717, 1.165) is 34.6 Å². The van der Waals surface area contributed by atoms with Crippen molar-refractivity contribution in [1.82, 2.24) is 4.90 Å². The van der Waals surface area contributed by atoms with E-state index < -0.39 is 0 Å². The third-order valence-corrected chi connectivity index (χ3v) is 5.02. The molecule has 0 aliphatic carbocycles. The van der Waals surface area contributed by atoms with Crippen molar-refractivity contribution in [3.63, 3.8) is 0 Å². The molecule has 0 spiro atoms. The molecule has 0 aromatic carbocycles. The van der Waals surface area contributed by atoms with Crippen molar-refractivity contribution in [3.8, 4) is 0 Å². The zero-order valence-corrected chi connectivity index (χ0v) is 12.7. The van der Waals surface area contributed by atoms with E-state index in [-0.39, 0.29) is 5.91 Å². The van der Waals surface area contributed by atoms with Crippen LogP contribution in [0.25, 0.3) is 0 Å². The predicted octanol–water partition coefficient (Wildman–Crippen LogP) is 4.16. The van der Waals surface area contributed by atoms with Crippen LogP contribution in [-0.4, -0.2) is 23.9 Å². The molecule has 0 unspecified atom stereocenters. The highest BCUT2D eigenvalue weighted by Gasteiger charge is 2.26. The Kier molecular flexibility index (Phi) is 3.93. The minimum atomic E-state index is 0.193. The van der Waals surface area contributed by atoms with Crippen LogP contribution in [0.15, 0.2) is 15.9 Å². The molecule has 0 atom stereocenters. The van der Waals surface area contributed by atoms with Crippen LogP contribution >= 0.6 is 27.3 Å². The number of hydrogen-bond acceptors (Lipinski definition) is 2. The van der Waals surface area contributed by atoms with E-state index in [1.807, 2.05) is 17.0 Å². The molecule has 0 bridgehead atoms. The maximum absolute atomic E-state index is 12.3. The van der Waals surface area contributed by atoms with E-state index in [9.17, 15) is 4.79 Å². The Bertz CT molecular complexity index is 413. The van der Waals surface area contributed by atoms with Gasteiger partial charge in [0.05, 0.1) is 8.66 Å². The van der Waals surface area contributed by atoms with E-state index in [2.05, 4.69) is 29.8 Å². The molecular weight excluding hydrogens is 298 g/mol. The second kappa shape index (κ2) is 5.11. The number of hydrogen-bond donors (Lipinski definition) is 0. The molecule has 94 valence electrons. The van der Waals surface area contributed by atoms with Crippen molar-refractivity contribution in [1.29, 1.82) is 0 Å². The van der Waals surface area contributed by atoms with Crippen LogP contribution in [0.2, 0.25) is 0 Å². The van der Waals surface area contributed by atoms with E-state index in [4.69, 9.17) is 0 Å². The summed E-state index contributed by atoms with van der Waals surface area (Å²) in [6.07, 6.45) is 3.43. The van der Waals surface area contributed by atoms with Gasteiger partial charge in [0, 0.05) is 13.1 Å². The van der Waals surface area contributed by atoms with Gasteiger partial charge < -0.3 is 4.90 Å². The zero-order chi connectivity index (χ0) is 12.5. The van der Waals surface area contributed by atoms with Crippen LogP contribution in [0.1, 0.15) is 42.8 Å². The molecule has 1 fully saturated rings. The average molecular weight is 316 g/mol. The summed E-state index contributed by atoms with van der Waals surface area (Å²) in [5, 5.41) is 0. The normalized spacial score (nSPS) is 20.1.